The molecule has 0 fully saturated rings. The zero-order chi connectivity index (χ0) is 23.7. The molecule has 0 unspecified atom stereocenters. The van der Waals surface area contributed by atoms with Crippen molar-refractivity contribution in [3.8, 4) is 23.0 Å². The van der Waals surface area contributed by atoms with Crippen molar-refractivity contribution in [1.29, 1.82) is 0 Å². The Kier molecular flexibility index (Phi) is 5.91. The van der Waals surface area contributed by atoms with Gasteiger partial charge in [-0.25, -0.2) is 8.78 Å². The Labute approximate surface area is 187 Å². The lowest BCUT2D eigenvalue weighted by atomic mass is 9.94. The van der Waals surface area contributed by atoms with Crippen LogP contribution in [0.15, 0.2) is 30.5 Å². The molecular weight excluding hydrogens is 432 g/mol. The summed E-state index contributed by atoms with van der Waals surface area (Å²) in [5.74, 6) is -1.61. The number of hydrogen-bond donors (Lipinski definition) is 3. The van der Waals surface area contributed by atoms with E-state index in [1.807, 2.05) is 0 Å². The van der Waals surface area contributed by atoms with Crippen LogP contribution >= 0.6 is 0 Å². The first kappa shape index (κ1) is 22.1. The van der Waals surface area contributed by atoms with Crippen LogP contribution in [-0.2, 0) is 11.2 Å². The van der Waals surface area contributed by atoms with Crippen molar-refractivity contribution in [2.45, 2.75) is 19.8 Å². The number of aromatic hydroxyl groups is 1. The predicted octanol–water partition coefficient (Wildman–Crippen LogP) is 3.69. The highest BCUT2D eigenvalue weighted by molar-refractivity contribution is 6.01. The van der Waals surface area contributed by atoms with Crippen molar-refractivity contribution >= 4 is 33.4 Å². The molecule has 4 N–H and O–H groups in total. The average Bonchev–Trinajstić information content (AvgIpc) is 2.79. The van der Waals surface area contributed by atoms with Gasteiger partial charge in [-0.15, -0.1) is 0 Å². The van der Waals surface area contributed by atoms with E-state index in [9.17, 15) is 14.3 Å². The molecule has 2 aromatic heterocycles. The number of halogens is 2. The second-order valence-electron chi connectivity index (χ2n) is 7.36. The number of pyridine rings is 1. The number of ether oxygens (including phenoxy) is 1. The summed E-state index contributed by atoms with van der Waals surface area (Å²) in [6.45, 7) is 1.96. The lowest BCUT2D eigenvalue weighted by Gasteiger charge is -2.15. The standard InChI is InChI=1S/C23H21F2N5O3/c1-3-13-16(24)5-4-11-8-12(31)9-14(18(11)13)20-19(25)21-15(10-28-20)22(27-7-6-17(26)32)30-23(29-21)33-2/h4-5,8-10,31H,3,6-7H2,1-2H3,(H2,26,32)(H,27,29,30). The second-order valence-corrected chi connectivity index (χ2v) is 7.36. The van der Waals surface area contributed by atoms with E-state index in [4.69, 9.17) is 10.5 Å². The normalized spacial score (nSPS) is 11.2. The van der Waals surface area contributed by atoms with Crippen molar-refractivity contribution in [3.05, 3.63) is 47.7 Å². The van der Waals surface area contributed by atoms with Crippen molar-refractivity contribution in [3.63, 3.8) is 0 Å². The first-order chi connectivity index (χ1) is 15.8. The van der Waals surface area contributed by atoms with E-state index in [-0.39, 0.29) is 52.7 Å². The topological polar surface area (TPSA) is 123 Å². The molecule has 4 rings (SSSR count). The molecule has 0 spiro atoms. The molecule has 0 aliphatic heterocycles. The molecular formula is C23H21F2N5O3. The third-order valence-electron chi connectivity index (χ3n) is 5.27. The number of nitrogens with one attached hydrogen (secondary N) is 1. The highest BCUT2D eigenvalue weighted by Gasteiger charge is 2.21. The maximum absolute atomic E-state index is 15.8. The maximum Gasteiger partial charge on any atom is 0.318 e. The monoisotopic (exact) mass is 453 g/mol. The van der Waals surface area contributed by atoms with E-state index in [1.54, 1.807) is 6.92 Å². The van der Waals surface area contributed by atoms with Gasteiger partial charge in [0.25, 0.3) is 0 Å². The third kappa shape index (κ3) is 4.07. The highest BCUT2D eigenvalue weighted by Crippen LogP contribution is 2.38. The SMILES string of the molecule is CCc1c(F)ccc2cc(O)cc(-c3ncc4c(NCCC(N)=O)nc(OC)nc4c3F)c12. The van der Waals surface area contributed by atoms with E-state index in [0.29, 0.717) is 22.8 Å². The Morgan fingerprint density at radius 2 is 2.03 bits per heavy atom. The lowest BCUT2D eigenvalue weighted by molar-refractivity contribution is -0.117. The van der Waals surface area contributed by atoms with Gasteiger partial charge in [0, 0.05) is 24.7 Å². The van der Waals surface area contributed by atoms with E-state index in [2.05, 4.69) is 20.3 Å². The summed E-state index contributed by atoms with van der Waals surface area (Å²) in [4.78, 5) is 23.6. The van der Waals surface area contributed by atoms with Crippen molar-refractivity contribution < 1.29 is 23.4 Å². The minimum absolute atomic E-state index is 0.0441. The largest absolute Gasteiger partial charge is 0.508 e. The number of amides is 1. The molecule has 0 saturated heterocycles. The summed E-state index contributed by atoms with van der Waals surface area (Å²) < 4.78 is 35.5. The number of hydrogen-bond acceptors (Lipinski definition) is 7. The van der Waals surface area contributed by atoms with Crippen LogP contribution in [0.3, 0.4) is 0 Å². The van der Waals surface area contributed by atoms with Gasteiger partial charge in [0.15, 0.2) is 5.82 Å². The quantitative estimate of drug-likeness (QED) is 0.390. The summed E-state index contributed by atoms with van der Waals surface area (Å²) in [6, 6.07) is 5.58. The summed E-state index contributed by atoms with van der Waals surface area (Å²) in [7, 11) is 1.34. The van der Waals surface area contributed by atoms with Gasteiger partial charge in [-0.3, -0.25) is 9.78 Å². The fraction of sp³-hybridized carbons (Fsp3) is 0.217. The van der Waals surface area contributed by atoms with Crippen molar-refractivity contribution in [1.82, 2.24) is 15.0 Å². The molecule has 0 radical (unpaired) electrons. The zero-order valence-electron chi connectivity index (χ0n) is 17.9. The Bertz CT molecular complexity index is 1390. The fourth-order valence-electron chi connectivity index (χ4n) is 3.79. The molecule has 33 heavy (non-hydrogen) atoms. The molecule has 8 nitrogen and oxygen atoms in total. The number of methoxy groups -OCH3 is 1. The van der Waals surface area contributed by atoms with Crippen LogP contribution in [0.4, 0.5) is 14.6 Å². The Morgan fingerprint density at radius 1 is 1.24 bits per heavy atom. The summed E-state index contributed by atoms with van der Waals surface area (Å²) in [5.41, 5.74) is 5.61. The van der Waals surface area contributed by atoms with Crippen LogP contribution < -0.4 is 15.8 Å². The van der Waals surface area contributed by atoms with E-state index in [1.165, 1.54) is 37.6 Å². The molecule has 1 amide bonds. The molecule has 4 aromatic rings. The third-order valence-corrected chi connectivity index (χ3v) is 5.27. The van der Waals surface area contributed by atoms with E-state index >= 15 is 4.39 Å². The Hall–Kier alpha value is -4.08. The number of carbonyl (C=O) groups is 1. The number of aromatic nitrogens is 3. The number of phenols is 1. The van der Waals surface area contributed by atoms with E-state index in [0.717, 1.165) is 0 Å². The van der Waals surface area contributed by atoms with Gasteiger partial charge in [-0.1, -0.05) is 13.0 Å². The molecule has 0 aliphatic carbocycles. The summed E-state index contributed by atoms with van der Waals surface area (Å²) >= 11 is 0. The van der Waals surface area contributed by atoms with Crippen LogP contribution in [0.1, 0.15) is 18.9 Å². The molecule has 2 heterocycles. The Balaban J connectivity index is 1.97. The Morgan fingerprint density at radius 3 is 2.73 bits per heavy atom. The second kappa shape index (κ2) is 8.81. The molecule has 0 aliphatic rings. The highest BCUT2D eigenvalue weighted by atomic mass is 19.1. The predicted molar refractivity (Wildman–Crippen MR) is 120 cm³/mol. The number of aryl methyl sites for hydroxylation is 1. The number of benzene rings is 2. The first-order valence-corrected chi connectivity index (χ1v) is 10.2. The molecule has 10 heteroatoms. The first-order valence-electron chi connectivity index (χ1n) is 10.2. The van der Waals surface area contributed by atoms with Crippen molar-refractivity contribution in [2.75, 3.05) is 19.0 Å². The number of phenolic OH excluding ortho intramolecular Hbond substituents is 1. The van der Waals surface area contributed by atoms with Gasteiger partial charge in [0.2, 0.25) is 5.91 Å². The summed E-state index contributed by atoms with van der Waals surface area (Å²) in [5, 5.41) is 14.4. The fourth-order valence-corrected chi connectivity index (χ4v) is 3.79. The number of fused-ring (bicyclic) bond motifs is 2. The molecule has 0 atom stereocenters. The van der Waals surface area contributed by atoms with Gasteiger partial charge in [-0.2, -0.15) is 9.97 Å². The molecule has 0 saturated carbocycles. The van der Waals surface area contributed by atoms with Crippen LogP contribution in [0.5, 0.6) is 11.8 Å². The minimum atomic E-state index is -0.788. The number of carbonyl (C=O) groups excluding carboxylic acids is 1. The summed E-state index contributed by atoms with van der Waals surface area (Å²) in [6.07, 6.45) is 1.78. The number of primary amides is 1. The minimum Gasteiger partial charge on any atom is -0.508 e. The average molecular weight is 453 g/mol. The number of nitrogens with zero attached hydrogens (tertiary/aromatic N) is 3. The van der Waals surface area contributed by atoms with Gasteiger partial charge >= 0.3 is 6.01 Å². The molecule has 170 valence electrons. The van der Waals surface area contributed by atoms with Gasteiger partial charge in [0.05, 0.1) is 12.5 Å². The molecule has 0 bridgehead atoms. The van der Waals surface area contributed by atoms with Gasteiger partial charge < -0.3 is 20.9 Å². The number of anilines is 1. The number of rotatable bonds is 7. The van der Waals surface area contributed by atoms with Crippen molar-refractivity contribution in [2.24, 2.45) is 5.73 Å². The maximum atomic E-state index is 15.8. The number of nitrogens with two attached hydrogens (primary N) is 1. The van der Waals surface area contributed by atoms with Crippen LogP contribution in [0.25, 0.3) is 32.9 Å². The molecule has 2 aromatic carbocycles. The van der Waals surface area contributed by atoms with Crippen LogP contribution in [0.2, 0.25) is 0 Å². The van der Waals surface area contributed by atoms with E-state index < -0.39 is 17.5 Å². The lowest BCUT2D eigenvalue weighted by Crippen LogP contribution is -2.16. The van der Waals surface area contributed by atoms with Crippen LogP contribution in [0, 0.1) is 11.6 Å². The van der Waals surface area contributed by atoms with Crippen LogP contribution in [-0.4, -0.2) is 39.6 Å². The van der Waals surface area contributed by atoms with Gasteiger partial charge in [-0.05, 0) is 41.0 Å². The van der Waals surface area contributed by atoms with Gasteiger partial charge in [0.1, 0.15) is 28.6 Å². The smallest absolute Gasteiger partial charge is 0.318 e. The zero-order valence-corrected chi connectivity index (χ0v) is 17.9.